The van der Waals surface area contributed by atoms with Gasteiger partial charge in [-0.15, -0.1) is 10.2 Å². The molecule has 2 amide bonds. The molecule has 186 valence electrons. The van der Waals surface area contributed by atoms with Crippen molar-refractivity contribution in [3.8, 4) is 17.1 Å². The van der Waals surface area contributed by atoms with Crippen LogP contribution in [0.1, 0.15) is 0 Å². The van der Waals surface area contributed by atoms with Crippen LogP contribution in [0.2, 0.25) is 0 Å². The molecule has 1 aliphatic heterocycles. The van der Waals surface area contributed by atoms with Crippen molar-refractivity contribution in [1.82, 2.24) is 24.5 Å². The molecule has 0 spiro atoms. The number of methoxy groups -OCH3 is 1. The molecule has 0 atom stereocenters. The number of carbonyl (C=O) groups is 1. The second-order valence-electron chi connectivity index (χ2n) is 8.73. The molecule has 10 heteroatoms. The highest BCUT2D eigenvalue weighted by Gasteiger charge is 2.26. The first-order valence-electron chi connectivity index (χ1n) is 12.0. The monoisotopic (exact) mass is 497 g/mol. The quantitative estimate of drug-likeness (QED) is 0.395. The molecular weight excluding hydrogens is 473 g/mol. The lowest BCUT2D eigenvalue weighted by Gasteiger charge is -2.35. The van der Waals surface area contributed by atoms with Crippen molar-refractivity contribution in [2.24, 2.45) is 0 Å². The highest BCUT2D eigenvalue weighted by molar-refractivity contribution is 5.93. The molecule has 0 unspecified atom stereocenters. The van der Waals surface area contributed by atoms with E-state index in [0.717, 1.165) is 10.9 Å². The normalized spacial score (nSPS) is 13.8. The molecule has 3 heterocycles. The average molecular weight is 498 g/mol. The van der Waals surface area contributed by atoms with Gasteiger partial charge in [-0.25, -0.2) is 18.6 Å². The third kappa shape index (κ3) is 4.16. The fraction of sp³-hybridized carbons (Fsp3) is 0.185. The second kappa shape index (κ2) is 9.38. The topological polar surface area (TPSA) is 87.9 Å². The summed E-state index contributed by atoms with van der Waals surface area (Å²) in [5.74, 6) is 1.30. The molecule has 0 aliphatic carbocycles. The molecule has 5 aromatic rings. The standard InChI is InChI=1S/C27H24FN7O2/c1-37-19-8-6-7-18(17-19)29-27(36)34-15-13-33(14-16-34)26-30-23-12-5-3-10-21(23)25-32-31-24(35(25)26)20-9-2-4-11-22(20)28/h2-12,17H,13-16H2,1H3,(H,29,36). The second-order valence-corrected chi connectivity index (χ2v) is 8.73. The Labute approximate surface area is 212 Å². The Balaban J connectivity index is 1.31. The summed E-state index contributed by atoms with van der Waals surface area (Å²) in [6, 6.07) is 21.3. The van der Waals surface area contributed by atoms with Crippen molar-refractivity contribution in [3.05, 3.63) is 78.6 Å². The van der Waals surface area contributed by atoms with Crippen molar-refractivity contribution in [2.75, 3.05) is 43.5 Å². The van der Waals surface area contributed by atoms with E-state index in [0.29, 0.717) is 60.6 Å². The number of nitrogens with one attached hydrogen (secondary N) is 1. The molecule has 1 saturated heterocycles. The van der Waals surface area contributed by atoms with Gasteiger partial charge in [0.15, 0.2) is 11.5 Å². The van der Waals surface area contributed by atoms with E-state index in [-0.39, 0.29) is 11.8 Å². The number of piperazine rings is 1. The van der Waals surface area contributed by atoms with Crippen LogP contribution in [-0.4, -0.2) is 63.8 Å². The zero-order valence-corrected chi connectivity index (χ0v) is 20.1. The summed E-state index contributed by atoms with van der Waals surface area (Å²) >= 11 is 0. The van der Waals surface area contributed by atoms with E-state index in [9.17, 15) is 9.18 Å². The Morgan fingerprint density at radius 1 is 0.946 bits per heavy atom. The summed E-state index contributed by atoms with van der Waals surface area (Å²) in [5.41, 5.74) is 2.40. The van der Waals surface area contributed by atoms with Crippen LogP contribution in [0.25, 0.3) is 27.9 Å². The molecule has 0 saturated carbocycles. The summed E-state index contributed by atoms with van der Waals surface area (Å²) in [6.07, 6.45) is 0. The number of halogens is 1. The van der Waals surface area contributed by atoms with Crippen molar-refractivity contribution in [1.29, 1.82) is 0 Å². The Morgan fingerprint density at radius 3 is 2.54 bits per heavy atom. The van der Waals surface area contributed by atoms with E-state index in [2.05, 4.69) is 20.4 Å². The van der Waals surface area contributed by atoms with Gasteiger partial charge in [0, 0.05) is 43.3 Å². The lowest BCUT2D eigenvalue weighted by molar-refractivity contribution is 0.208. The SMILES string of the molecule is COc1cccc(NC(=O)N2CCN(c3nc4ccccc4c4nnc(-c5ccccc5F)n34)CC2)c1. The molecule has 37 heavy (non-hydrogen) atoms. The molecule has 6 rings (SSSR count). The number of fused-ring (bicyclic) bond motifs is 3. The minimum atomic E-state index is -0.380. The van der Waals surface area contributed by atoms with E-state index >= 15 is 0 Å². The smallest absolute Gasteiger partial charge is 0.321 e. The van der Waals surface area contributed by atoms with Crippen molar-refractivity contribution < 1.29 is 13.9 Å². The maximum Gasteiger partial charge on any atom is 0.321 e. The van der Waals surface area contributed by atoms with Gasteiger partial charge >= 0.3 is 6.03 Å². The Bertz CT molecular complexity index is 1610. The summed E-state index contributed by atoms with van der Waals surface area (Å²) in [4.78, 5) is 21.7. The summed E-state index contributed by atoms with van der Waals surface area (Å²) < 4.78 is 21.8. The fourth-order valence-corrected chi connectivity index (χ4v) is 4.61. The van der Waals surface area contributed by atoms with Gasteiger partial charge < -0.3 is 19.9 Å². The lowest BCUT2D eigenvalue weighted by atomic mass is 10.2. The highest BCUT2D eigenvalue weighted by Crippen LogP contribution is 2.30. The molecule has 3 aromatic carbocycles. The highest BCUT2D eigenvalue weighted by atomic mass is 19.1. The first kappa shape index (κ1) is 22.7. The van der Waals surface area contributed by atoms with Crippen LogP contribution in [-0.2, 0) is 0 Å². The predicted molar refractivity (Wildman–Crippen MR) is 139 cm³/mol. The van der Waals surface area contributed by atoms with Gasteiger partial charge in [0.2, 0.25) is 5.95 Å². The van der Waals surface area contributed by atoms with Crippen LogP contribution in [0.15, 0.2) is 72.8 Å². The van der Waals surface area contributed by atoms with Gasteiger partial charge in [-0.3, -0.25) is 0 Å². The Kier molecular flexibility index (Phi) is 5.76. The Morgan fingerprint density at radius 2 is 1.73 bits per heavy atom. The molecule has 2 aromatic heterocycles. The van der Waals surface area contributed by atoms with Crippen molar-refractivity contribution in [2.45, 2.75) is 0 Å². The molecular formula is C27H24FN7O2. The van der Waals surface area contributed by atoms with Gasteiger partial charge in [0.05, 0.1) is 18.2 Å². The first-order valence-corrected chi connectivity index (χ1v) is 12.0. The number of nitrogens with zero attached hydrogens (tertiary/aromatic N) is 6. The van der Waals surface area contributed by atoms with Gasteiger partial charge in [-0.1, -0.05) is 30.3 Å². The van der Waals surface area contributed by atoms with Crippen molar-refractivity contribution in [3.63, 3.8) is 0 Å². The zero-order valence-electron chi connectivity index (χ0n) is 20.1. The molecule has 0 bridgehead atoms. The third-order valence-electron chi connectivity index (χ3n) is 6.51. The number of benzene rings is 3. The van der Waals surface area contributed by atoms with Gasteiger partial charge in [0.25, 0.3) is 0 Å². The maximum atomic E-state index is 14.8. The van der Waals surface area contributed by atoms with Gasteiger partial charge in [-0.2, -0.15) is 0 Å². The third-order valence-corrected chi connectivity index (χ3v) is 6.51. The number of carbonyl (C=O) groups excluding carboxylic acids is 1. The number of hydrogen-bond acceptors (Lipinski definition) is 6. The van der Waals surface area contributed by atoms with E-state index in [1.54, 1.807) is 36.3 Å². The number of para-hydroxylation sites is 1. The van der Waals surface area contributed by atoms with Crippen LogP contribution >= 0.6 is 0 Å². The molecule has 1 fully saturated rings. The van der Waals surface area contributed by atoms with E-state index in [1.807, 2.05) is 46.9 Å². The van der Waals surface area contributed by atoms with Crippen LogP contribution in [0.3, 0.4) is 0 Å². The number of rotatable bonds is 4. The largest absolute Gasteiger partial charge is 0.497 e. The minimum absolute atomic E-state index is 0.180. The molecule has 1 N–H and O–H groups in total. The molecule has 1 aliphatic rings. The van der Waals surface area contributed by atoms with Crippen LogP contribution in [0.5, 0.6) is 5.75 Å². The Hall–Kier alpha value is -4.73. The van der Waals surface area contributed by atoms with Gasteiger partial charge in [0.1, 0.15) is 11.6 Å². The van der Waals surface area contributed by atoms with Crippen LogP contribution in [0.4, 0.5) is 20.8 Å². The lowest BCUT2D eigenvalue weighted by Crippen LogP contribution is -2.50. The van der Waals surface area contributed by atoms with E-state index in [1.165, 1.54) is 6.07 Å². The number of hydrogen-bond donors (Lipinski definition) is 1. The fourth-order valence-electron chi connectivity index (χ4n) is 4.61. The van der Waals surface area contributed by atoms with E-state index in [4.69, 9.17) is 9.72 Å². The minimum Gasteiger partial charge on any atom is -0.497 e. The van der Waals surface area contributed by atoms with Crippen LogP contribution < -0.4 is 15.0 Å². The first-order chi connectivity index (χ1) is 18.1. The van der Waals surface area contributed by atoms with Gasteiger partial charge in [-0.05, 0) is 36.4 Å². The molecule has 9 nitrogen and oxygen atoms in total. The summed E-state index contributed by atoms with van der Waals surface area (Å²) in [7, 11) is 1.59. The number of ether oxygens (including phenoxy) is 1. The number of aromatic nitrogens is 4. The molecule has 0 radical (unpaired) electrons. The van der Waals surface area contributed by atoms with E-state index < -0.39 is 0 Å². The number of amides is 2. The zero-order chi connectivity index (χ0) is 25.4. The average Bonchev–Trinajstić information content (AvgIpc) is 3.38. The summed E-state index contributed by atoms with van der Waals surface area (Å²) in [5, 5.41) is 12.5. The van der Waals surface area contributed by atoms with Crippen LogP contribution in [0, 0.1) is 5.82 Å². The summed E-state index contributed by atoms with van der Waals surface area (Å²) in [6.45, 7) is 2.06. The maximum absolute atomic E-state index is 14.8. The number of urea groups is 1. The van der Waals surface area contributed by atoms with Crippen molar-refractivity contribution >= 4 is 34.2 Å². The predicted octanol–water partition coefficient (Wildman–Crippen LogP) is 4.45. The number of anilines is 2.